The van der Waals surface area contributed by atoms with Gasteiger partial charge in [-0.1, -0.05) is 6.07 Å². The van der Waals surface area contributed by atoms with Gasteiger partial charge in [-0.15, -0.1) is 0 Å². The normalized spacial score (nSPS) is 17.1. The molecule has 7 heteroatoms. The van der Waals surface area contributed by atoms with Crippen LogP contribution in [0.25, 0.3) is 0 Å². The first kappa shape index (κ1) is 16.4. The van der Waals surface area contributed by atoms with Crippen molar-refractivity contribution < 1.29 is 8.42 Å². The highest BCUT2D eigenvalue weighted by molar-refractivity contribution is 7.89. The summed E-state index contributed by atoms with van der Waals surface area (Å²) in [6.45, 7) is 3.06. The van der Waals surface area contributed by atoms with Crippen LogP contribution in [-0.4, -0.2) is 51.0 Å². The summed E-state index contributed by atoms with van der Waals surface area (Å²) in [5, 5.41) is 3.45. The number of hydrogen-bond donors (Lipinski definition) is 2. The van der Waals surface area contributed by atoms with E-state index >= 15 is 0 Å². The zero-order valence-electron chi connectivity index (χ0n) is 12.8. The molecule has 1 fully saturated rings. The molecule has 1 unspecified atom stereocenters. The van der Waals surface area contributed by atoms with Crippen LogP contribution < -0.4 is 10.0 Å². The van der Waals surface area contributed by atoms with E-state index in [2.05, 4.69) is 15.0 Å². The van der Waals surface area contributed by atoms with Gasteiger partial charge in [0.15, 0.2) is 5.03 Å². The van der Waals surface area contributed by atoms with E-state index in [0.717, 1.165) is 12.1 Å². The summed E-state index contributed by atoms with van der Waals surface area (Å²) in [6.07, 6.45) is 4.08. The Hall–Kier alpha value is -1.02. The minimum absolute atomic E-state index is 0.0728. The minimum atomic E-state index is -3.53. The van der Waals surface area contributed by atoms with Crippen molar-refractivity contribution in [2.45, 2.75) is 43.4 Å². The highest BCUT2D eigenvalue weighted by atomic mass is 32.2. The Morgan fingerprint density at radius 3 is 2.62 bits per heavy atom. The topological polar surface area (TPSA) is 74.3 Å². The van der Waals surface area contributed by atoms with Crippen molar-refractivity contribution in [3.8, 4) is 0 Å². The van der Waals surface area contributed by atoms with Crippen LogP contribution in [0.15, 0.2) is 23.4 Å². The maximum absolute atomic E-state index is 12.1. The molecule has 1 aromatic rings. The van der Waals surface area contributed by atoms with Gasteiger partial charge in [-0.05, 0) is 45.5 Å². The van der Waals surface area contributed by atoms with Gasteiger partial charge in [-0.2, -0.15) is 0 Å². The average Bonchev–Trinajstić information content (AvgIpc) is 3.27. The monoisotopic (exact) mass is 312 g/mol. The summed E-state index contributed by atoms with van der Waals surface area (Å²) in [5.74, 6) is 0. The largest absolute Gasteiger partial charge is 0.310 e. The van der Waals surface area contributed by atoms with Crippen molar-refractivity contribution >= 4 is 10.0 Å². The van der Waals surface area contributed by atoms with Gasteiger partial charge in [0, 0.05) is 31.4 Å². The van der Waals surface area contributed by atoms with Crippen molar-refractivity contribution in [1.82, 2.24) is 19.9 Å². The molecule has 0 amide bonds. The summed E-state index contributed by atoms with van der Waals surface area (Å²) in [4.78, 5) is 6.03. The van der Waals surface area contributed by atoms with E-state index in [-0.39, 0.29) is 11.1 Å². The van der Waals surface area contributed by atoms with Gasteiger partial charge in [0.25, 0.3) is 10.0 Å². The number of nitrogens with zero attached hydrogens (tertiary/aromatic N) is 2. The SMILES string of the molecule is CC(CNS(=O)(=O)c1ccc(CNC2CC2)cn1)N(C)C. The van der Waals surface area contributed by atoms with Crippen LogP contribution >= 0.6 is 0 Å². The lowest BCUT2D eigenvalue weighted by Gasteiger charge is -2.19. The van der Waals surface area contributed by atoms with Crippen molar-refractivity contribution in [2.24, 2.45) is 0 Å². The van der Waals surface area contributed by atoms with Gasteiger partial charge in [-0.3, -0.25) is 0 Å². The number of rotatable bonds is 8. The molecule has 0 saturated heterocycles. The first-order valence-corrected chi connectivity index (χ1v) is 8.71. The maximum Gasteiger partial charge on any atom is 0.258 e. The van der Waals surface area contributed by atoms with Gasteiger partial charge in [0.2, 0.25) is 0 Å². The molecule has 2 rings (SSSR count). The van der Waals surface area contributed by atoms with Crippen LogP contribution in [0.4, 0.5) is 0 Å². The number of aromatic nitrogens is 1. The summed E-state index contributed by atoms with van der Waals surface area (Å²) in [6, 6.07) is 4.13. The molecule has 1 saturated carbocycles. The van der Waals surface area contributed by atoms with Crippen molar-refractivity contribution in [2.75, 3.05) is 20.6 Å². The zero-order chi connectivity index (χ0) is 15.5. The van der Waals surface area contributed by atoms with Crippen LogP contribution in [0.1, 0.15) is 25.3 Å². The minimum Gasteiger partial charge on any atom is -0.310 e. The second kappa shape index (κ2) is 6.83. The van der Waals surface area contributed by atoms with Gasteiger partial charge < -0.3 is 10.2 Å². The second-order valence-electron chi connectivity index (χ2n) is 5.82. The van der Waals surface area contributed by atoms with Crippen LogP contribution in [0.2, 0.25) is 0 Å². The lowest BCUT2D eigenvalue weighted by Crippen LogP contribution is -2.38. The Balaban J connectivity index is 1.92. The molecule has 1 heterocycles. The Labute approximate surface area is 127 Å². The molecular weight excluding hydrogens is 288 g/mol. The third kappa shape index (κ3) is 5.03. The van der Waals surface area contributed by atoms with E-state index in [0.29, 0.717) is 12.6 Å². The van der Waals surface area contributed by atoms with Crippen molar-refractivity contribution in [3.05, 3.63) is 23.9 Å². The predicted octanol–water partition coefficient (Wildman–Crippen LogP) is 0.562. The number of hydrogen-bond acceptors (Lipinski definition) is 5. The molecule has 6 nitrogen and oxygen atoms in total. The fourth-order valence-corrected chi connectivity index (χ4v) is 2.76. The van der Waals surface area contributed by atoms with Crippen LogP contribution in [0.3, 0.4) is 0 Å². The standard InChI is InChI=1S/C14H24N4O2S/c1-11(18(2)3)8-17-21(19,20)14-7-4-12(10-16-14)9-15-13-5-6-13/h4,7,10-11,13,15,17H,5-6,8-9H2,1-3H3. The molecular formula is C14H24N4O2S. The first-order valence-electron chi connectivity index (χ1n) is 7.23. The van der Waals surface area contributed by atoms with E-state index in [1.165, 1.54) is 12.8 Å². The van der Waals surface area contributed by atoms with Crippen molar-refractivity contribution in [3.63, 3.8) is 0 Å². The van der Waals surface area contributed by atoms with E-state index in [1.807, 2.05) is 32.0 Å². The highest BCUT2D eigenvalue weighted by Crippen LogP contribution is 2.19. The Bertz CT molecular complexity index is 553. The smallest absolute Gasteiger partial charge is 0.258 e. The van der Waals surface area contributed by atoms with Gasteiger partial charge in [0.1, 0.15) is 0 Å². The molecule has 118 valence electrons. The summed E-state index contributed by atoms with van der Waals surface area (Å²) >= 11 is 0. The van der Waals surface area contributed by atoms with Crippen LogP contribution in [0.5, 0.6) is 0 Å². The zero-order valence-corrected chi connectivity index (χ0v) is 13.7. The van der Waals surface area contributed by atoms with Crippen LogP contribution in [0, 0.1) is 0 Å². The lowest BCUT2D eigenvalue weighted by atomic mass is 10.3. The molecule has 2 N–H and O–H groups in total. The molecule has 0 aliphatic heterocycles. The van der Waals surface area contributed by atoms with Crippen LogP contribution in [-0.2, 0) is 16.6 Å². The third-order valence-electron chi connectivity index (χ3n) is 3.70. The Morgan fingerprint density at radius 1 is 1.38 bits per heavy atom. The lowest BCUT2D eigenvalue weighted by molar-refractivity contribution is 0.314. The van der Waals surface area contributed by atoms with E-state index in [9.17, 15) is 8.42 Å². The van der Waals surface area contributed by atoms with E-state index < -0.39 is 10.0 Å². The summed E-state index contributed by atoms with van der Waals surface area (Å²) in [7, 11) is 0.298. The van der Waals surface area contributed by atoms with E-state index in [1.54, 1.807) is 12.3 Å². The Morgan fingerprint density at radius 2 is 2.10 bits per heavy atom. The fraction of sp³-hybridized carbons (Fsp3) is 0.643. The first-order chi connectivity index (χ1) is 9.88. The highest BCUT2D eigenvalue weighted by Gasteiger charge is 2.20. The maximum atomic E-state index is 12.1. The van der Waals surface area contributed by atoms with Crippen molar-refractivity contribution in [1.29, 1.82) is 0 Å². The molecule has 1 aliphatic rings. The van der Waals surface area contributed by atoms with Gasteiger partial charge in [-0.25, -0.2) is 18.1 Å². The average molecular weight is 312 g/mol. The molecule has 1 atom stereocenters. The number of likely N-dealkylation sites (N-methyl/N-ethyl adjacent to an activating group) is 1. The summed E-state index contributed by atoms with van der Waals surface area (Å²) < 4.78 is 26.9. The molecule has 0 radical (unpaired) electrons. The predicted molar refractivity (Wildman–Crippen MR) is 82.4 cm³/mol. The number of sulfonamides is 1. The fourth-order valence-electron chi connectivity index (χ4n) is 1.71. The molecule has 21 heavy (non-hydrogen) atoms. The summed E-state index contributed by atoms with van der Waals surface area (Å²) in [5.41, 5.74) is 1.00. The molecule has 0 aromatic carbocycles. The number of pyridine rings is 1. The quantitative estimate of drug-likeness (QED) is 0.734. The van der Waals surface area contributed by atoms with E-state index in [4.69, 9.17) is 0 Å². The molecule has 0 bridgehead atoms. The molecule has 1 aromatic heterocycles. The second-order valence-corrected chi connectivity index (χ2v) is 7.54. The Kier molecular flexibility index (Phi) is 5.32. The molecule has 1 aliphatic carbocycles. The van der Waals surface area contributed by atoms with Gasteiger partial charge >= 0.3 is 0 Å². The van der Waals surface area contributed by atoms with Gasteiger partial charge in [0.05, 0.1) is 0 Å². The third-order valence-corrected chi connectivity index (χ3v) is 5.03. The number of nitrogens with one attached hydrogen (secondary N) is 2. The molecule has 0 spiro atoms.